The SMILES string of the molecule is CCOc1ccc(CN(C)CC(=O)NNC(=O)c2ccccc2)cc1. The van der Waals surface area contributed by atoms with Crippen LogP contribution >= 0.6 is 0 Å². The number of ether oxygens (including phenoxy) is 1. The second-order valence-electron chi connectivity index (χ2n) is 5.62. The molecule has 0 saturated heterocycles. The number of amides is 2. The van der Waals surface area contributed by atoms with E-state index < -0.39 is 0 Å². The van der Waals surface area contributed by atoms with Crippen LogP contribution in [0.15, 0.2) is 54.6 Å². The van der Waals surface area contributed by atoms with Crippen molar-refractivity contribution >= 4 is 11.8 Å². The molecule has 0 unspecified atom stereocenters. The normalized spacial score (nSPS) is 10.4. The summed E-state index contributed by atoms with van der Waals surface area (Å²) in [5.74, 6) is 0.205. The Morgan fingerprint density at radius 2 is 1.68 bits per heavy atom. The van der Waals surface area contributed by atoms with Gasteiger partial charge in [0.2, 0.25) is 0 Å². The van der Waals surface area contributed by atoms with Gasteiger partial charge < -0.3 is 4.74 Å². The average Bonchev–Trinajstić information content (AvgIpc) is 2.62. The van der Waals surface area contributed by atoms with Gasteiger partial charge in [0.25, 0.3) is 11.8 Å². The first-order valence-corrected chi connectivity index (χ1v) is 8.13. The van der Waals surface area contributed by atoms with E-state index in [9.17, 15) is 9.59 Å². The van der Waals surface area contributed by atoms with Crippen LogP contribution in [0.25, 0.3) is 0 Å². The molecule has 25 heavy (non-hydrogen) atoms. The van der Waals surface area contributed by atoms with Crippen LogP contribution in [-0.4, -0.2) is 36.9 Å². The molecule has 0 atom stereocenters. The van der Waals surface area contributed by atoms with Gasteiger partial charge in [-0.25, -0.2) is 0 Å². The number of hydrogen-bond acceptors (Lipinski definition) is 4. The number of nitrogens with zero attached hydrogens (tertiary/aromatic N) is 1. The molecule has 6 heteroatoms. The minimum atomic E-state index is -0.344. The van der Waals surface area contributed by atoms with Crippen LogP contribution in [0.1, 0.15) is 22.8 Å². The van der Waals surface area contributed by atoms with Gasteiger partial charge in [-0.3, -0.25) is 25.3 Å². The molecule has 0 aliphatic heterocycles. The van der Waals surface area contributed by atoms with E-state index in [1.807, 2.05) is 49.2 Å². The van der Waals surface area contributed by atoms with Gasteiger partial charge in [-0.1, -0.05) is 30.3 Å². The first-order chi connectivity index (χ1) is 12.1. The zero-order valence-electron chi connectivity index (χ0n) is 14.5. The third-order valence-corrected chi connectivity index (χ3v) is 3.45. The van der Waals surface area contributed by atoms with Crippen LogP contribution < -0.4 is 15.6 Å². The van der Waals surface area contributed by atoms with Crippen molar-refractivity contribution in [1.29, 1.82) is 0 Å². The highest BCUT2D eigenvalue weighted by molar-refractivity contribution is 5.95. The van der Waals surface area contributed by atoms with Gasteiger partial charge in [0.15, 0.2) is 0 Å². The molecule has 2 aromatic carbocycles. The standard InChI is InChI=1S/C19H23N3O3/c1-3-25-17-11-9-15(10-12-17)13-22(2)14-18(23)20-21-19(24)16-7-5-4-6-8-16/h4-12H,3,13-14H2,1-2H3,(H,20,23)(H,21,24). The molecule has 0 saturated carbocycles. The van der Waals surface area contributed by atoms with E-state index in [2.05, 4.69) is 10.9 Å². The molecule has 0 aliphatic carbocycles. The minimum absolute atomic E-state index is 0.169. The van der Waals surface area contributed by atoms with Gasteiger partial charge >= 0.3 is 0 Å². The van der Waals surface area contributed by atoms with E-state index in [4.69, 9.17) is 4.74 Å². The van der Waals surface area contributed by atoms with Crippen molar-refractivity contribution < 1.29 is 14.3 Å². The molecule has 0 spiro atoms. The van der Waals surface area contributed by atoms with E-state index in [0.29, 0.717) is 18.7 Å². The summed E-state index contributed by atoms with van der Waals surface area (Å²) in [4.78, 5) is 25.7. The lowest BCUT2D eigenvalue weighted by atomic mass is 10.2. The van der Waals surface area contributed by atoms with Gasteiger partial charge in [-0.15, -0.1) is 0 Å². The summed E-state index contributed by atoms with van der Waals surface area (Å²) >= 11 is 0. The van der Waals surface area contributed by atoms with Gasteiger partial charge in [-0.05, 0) is 43.8 Å². The summed E-state index contributed by atoms with van der Waals surface area (Å²) in [6, 6.07) is 16.5. The van der Waals surface area contributed by atoms with Crippen LogP contribution in [0.5, 0.6) is 5.75 Å². The number of hydrogen-bond donors (Lipinski definition) is 2. The number of nitrogens with one attached hydrogen (secondary N) is 2. The Kier molecular flexibility index (Phi) is 6.98. The Bertz CT molecular complexity index is 687. The molecule has 6 nitrogen and oxygen atoms in total. The van der Waals surface area contributed by atoms with Crippen molar-refractivity contribution in [3.63, 3.8) is 0 Å². The van der Waals surface area contributed by atoms with Gasteiger partial charge in [0.1, 0.15) is 5.75 Å². The largest absolute Gasteiger partial charge is 0.494 e. The molecule has 0 heterocycles. The number of rotatable bonds is 7. The molecule has 0 aliphatic rings. The highest BCUT2D eigenvalue weighted by Gasteiger charge is 2.09. The summed E-state index contributed by atoms with van der Waals surface area (Å²) < 4.78 is 5.40. The molecule has 2 amide bonds. The third kappa shape index (κ3) is 6.27. The van der Waals surface area contributed by atoms with E-state index >= 15 is 0 Å². The maximum Gasteiger partial charge on any atom is 0.269 e. The fraction of sp³-hybridized carbons (Fsp3) is 0.263. The summed E-state index contributed by atoms with van der Waals surface area (Å²) in [6.07, 6.45) is 0. The van der Waals surface area contributed by atoms with E-state index in [1.54, 1.807) is 24.3 Å². The maximum atomic E-state index is 11.9. The highest BCUT2D eigenvalue weighted by Crippen LogP contribution is 2.13. The topological polar surface area (TPSA) is 70.7 Å². The molecular weight excluding hydrogens is 318 g/mol. The number of benzene rings is 2. The van der Waals surface area contributed by atoms with Crippen molar-refractivity contribution in [1.82, 2.24) is 15.8 Å². The second kappa shape index (κ2) is 9.44. The average molecular weight is 341 g/mol. The molecular formula is C19H23N3O3. The van der Waals surface area contributed by atoms with Crippen LogP contribution in [0.4, 0.5) is 0 Å². The number of likely N-dealkylation sites (N-methyl/N-ethyl adjacent to an activating group) is 1. The quantitative estimate of drug-likeness (QED) is 0.756. The van der Waals surface area contributed by atoms with Crippen LogP contribution in [0.3, 0.4) is 0 Å². The van der Waals surface area contributed by atoms with Crippen LogP contribution in [0.2, 0.25) is 0 Å². The molecule has 2 rings (SSSR count). The van der Waals surface area contributed by atoms with Gasteiger partial charge in [0.05, 0.1) is 13.2 Å². The fourth-order valence-electron chi connectivity index (χ4n) is 2.30. The predicted molar refractivity (Wildman–Crippen MR) is 96.0 cm³/mol. The number of hydrazine groups is 1. The Labute approximate surface area is 147 Å². The van der Waals surface area contributed by atoms with Crippen molar-refractivity contribution in [3.8, 4) is 5.75 Å². The Balaban J connectivity index is 1.75. The molecule has 2 aromatic rings. The summed E-state index contributed by atoms with van der Waals surface area (Å²) in [6.45, 7) is 3.36. The molecule has 0 fully saturated rings. The molecule has 0 radical (unpaired) electrons. The lowest BCUT2D eigenvalue weighted by Crippen LogP contribution is -2.45. The first kappa shape index (κ1) is 18.5. The number of carbonyl (C=O) groups excluding carboxylic acids is 2. The summed E-state index contributed by atoms with van der Waals surface area (Å²) in [5, 5.41) is 0. The summed E-state index contributed by atoms with van der Waals surface area (Å²) in [5.41, 5.74) is 6.40. The van der Waals surface area contributed by atoms with E-state index in [-0.39, 0.29) is 18.4 Å². The predicted octanol–water partition coefficient (Wildman–Crippen LogP) is 1.98. The first-order valence-electron chi connectivity index (χ1n) is 8.13. The van der Waals surface area contributed by atoms with Crippen LogP contribution in [0, 0.1) is 0 Å². The van der Waals surface area contributed by atoms with Crippen molar-refractivity contribution in [2.45, 2.75) is 13.5 Å². The molecule has 2 N–H and O–H groups in total. The Morgan fingerprint density at radius 1 is 1.00 bits per heavy atom. The Hall–Kier alpha value is -2.86. The monoisotopic (exact) mass is 341 g/mol. The maximum absolute atomic E-state index is 11.9. The van der Waals surface area contributed by atoms with E-state index in [1.165, 1.54) is 0 Å². The van der Waals surface area contributed by atoms with Gasteiger partial charge in [-0.2, -0.15) is 0 Å². The lowest BCUT2D eigenvalue weighted by Gasteiger charge is -2.17. The van der Waals surface area contributed by atoms with Crippen molar-refractivity contribution in [2.24, 2.45) is 0 Å². The van der Waals surface area contributed by atoms with Crippen LogP contribution in [-0.2, 0) is 11.3 Å². The fourth-order valence-corrected chi connectivity index (χ4v) is 2.30. The smallest absolute Gasteiger partial charge is 0.269 e. The Morgan fingerprint density at radius 3 is 2.32 bits per heavy atom. The molecule has 132 valence electrons. The number of carbonyl (C=O) groups is 2. The molecule has 0 bridgehead atoms. The zero-order valence-corrected chi connectivity index (χ0v) is 14.5. The minimum Gasteiger partial charge on any atom is -0.494 e. The van der Waals surface area contributed by atoms with E-state index in [0.717, 1.165) is 11.3 Å². The van der Waals surface area contributed by atoms with Gasteiger partial charge in [0, 0.05) is 12.1 Å². The van der Waals surface area contributed by atoms with Crippen molar-refractivity contribution in [2.75, 3.05) is 20.2 Å². The lowest BCUT2D eigenvalue weighted by molar-refractivity contribution is -0.122. The third-order valence-electron chi connectivity index (χ3n) is 3.45. The molecule has 0 aromatic heterocycles. The second-order valence-corrected chi connectivity index (χ2v) is 5.62. The van der Waals surface area contributed by atoms with Crippen molar-refractivity contribution in [3.05, 3.63) is 65.7 Å². The summed E-state index contributed by atoms with van der Waals surface area (Å²) in [7, 11) is 1.84. The zero-order chi connectivity index (χ0) is 18.1. The highest BCUT2D eigenvalue weighted by atomic mass is 16.5.